The van der Waals surface area contributed by atoms with Gasteiger partial charge in [-0.1, -0.05) is 6.92 Å². The number of halogens is 2. The van der Waals surface area contributed by atoms with Gasteiger partial charge in [0.2, 0.25) is 5.91 Å². The van der Waals surface area contributed by atoms with E-state index >= 15 is 0 Å². The molecule has 0 saturated carbocycles. The number of hydrogen-bond donors (Lipinski definition) is 0. The van der Waals surface area contributed by atoms with Gasteiger partial charge in [-0.15, -0.1) is 0 Å². The van der Waals surface area contributed by atoms with Crippen LogP contribution in [-0.2, 0) is 16.2 Å². The van der Waals surface area contributed by atoms with E-state index in [0.717, 1.165) is 25.7 Å². The van der Waals surface area contributed by atoms with Crippen molar-refractivity contribution in [3.05, 3.63) is 17.5 Å². The van der Waals surface area contributed by atoms with Crippen molar-refractivity contribution in [3.63, 3.8) is 0 Å². The van der Waals surface area contributed by atoms with Crippen LogP contribution in [0.1, 0.15) is 62.0 Å². The van der Waals surface area contributed by atoms with Crippen molar-refractivity contribution in [3.8, 4) is 0 Å². The SMILES string of the molecule is CCOC(=O)c1cnn(CN2CCC(C(=O)N3CCCC(C)C3)CC2)c1C(F)F. The number of hydrogen-bond acceptors (Lipinski definition) is 5. The van der Waals surface area contributed by atoms with Gasteiger partial charge in [0, 0.05) is 32.1 Å². The van der Waals surface area contributed by atoms with E-state index in [9.17, 15) is 18.4 Å². The zero-order valence-corrected chi connectivity index (χ0v) is 17.1. The summed E-state index contributed by atoms with van der Waals surface area (Å²) in [6.45, 7) is 7.03. The molecule has 1 atom stereocenters. The first-order valence-electron chi connectivity index (χ1n) is 10.4. The third kappa shape index (κ3) is 5.12. The van der Waals surface area contributed by atoms with Crippen molar-refractivity contribution >= 4 is 11.9 Å². The number of amides is 1. The van der Waals surface area contributed by atoms with E-state index in [4.69, 9.17) is 4.74 Å². The van der Waals surface area contributed by atoms with Crippen molar-refractivity contribution < 1.29 is 23.1 Å². The number of alkyl halides is 2. The van der Waals surface area contributed by atoms with E-state index < -0.39 is 18.1 Å². The average Bonchev–Trinajstić information content (AvgIpc) is 3.12. The molecule has 0 bridgehead atoms. The van der Waals surface area contributed by atoms with Crippen molar-refractivity contribution in [2.45, 2.75) is 52.6 Å². The van der Waals surface area contributed by atoms with E-state index in [-0.39, 0.29) is 30.7 Å². The number of esters is 1. The molecule has 0 aromatic carbocycles. The Labute approximate surface area is 170 Å². The largest absolute Gasteiger partial charge is 0.462 e. The number of rotatable bonds is 6. The fourth-order valence-electron chi connectivity index (χ4n) is 4.26. The van der Waals surface area contributed by atoms with Crippen molar-refractivity contribution in [1.29, 1.82) is 0 Å². The molecule has 1 amide bonds. The summed E-state index contributed by atoms with van der Waals surface area (Å²) in [6.07, 6.45) is 1.97. The lowest BCUT2D eigenvalue weighted by Crippen LogP contribution is -2.46. The van der Waals surface area contributed by atoms with Gasteiger partial charge in [0.05, 0.1) is 19.5 Å². The maximum absolute atomic E-state index is 13.5. The van der Waals surface area contributed by atoms with E-state index in [1.807, 2.05) is 9.80 Å². The molecule has 1 aromatic rings. The van der Waals surface area contributed by atoms with Crippen LogP contribution >= 0.6 is 0 Å². The van der Waals surface area contributed by atoms with E-state index in [1.54, 1.807) is 6.92 Å². The second-order valence-electron chi connectivity index (χ2n) is 8.03. The molecule has 3 heterocycles. The molecule has 0 spiro atoms. The summed E-state index contributed by atoms with van der Waals surface area (Å²) in [5, 5.41) is 3.99. The van der Waals surface area contributed by atoms with E-state index in [2.05, 4.69) is 12.0 Å². The molecule has 0 N–H and O–H groups in total. The first-order valence-corrected chi connectivity index (χ1v) is 10.4. The monoisotopic (exact) mass is 412 g/mol. The molecule has 7 nitrogen and oxygen atoms in total. The Hall–Kier alpha value is -2.03. The Balaban J connectivity index is 1.58. The second kappa shape index (κ2) is 9.65. The Bertz CT molecular complexity index is 717. The Morgan fingerprint density at radius 3 is 2.59 bits per heavy atom. The standard InChI is InChI=1S/C20H30F2N4O3/c1-3-29-20(28)16-11-23-26(17(16)18(21)22)13-24-9-6-15(7-10-24)19(27)25-8-4-5-14(2)12-25/h11,14-15,18H,3-10,12-13H2,1-2H3. The van der Waals surface area contributed by atoms with Gasteiger partial charge in [-0.3, -0.25) is 9.69 Å². The van der Waals surface area contributed by atoms with Gasteiger partial charge in [-0.25, -0.2) is 18.3 Å². The van der Waals surface area contributed by atoms with Gasteiger partial charge >= 0.3 is 5.97 Å². The fraction of sp³-hybridized carbons (Fsp3) is 0.750. The smallest absolute Gasteiger partial charge is 0.341 e. The fourth-order valence-corrected chi connectivity index (χ4v) is 4.26. The summed E-state index contributed by atoms with van der Waals surface area (Å²) < 4.78 is 33.1. The molecule has 2 aliphatic rings. The molecular weight excluding hydrogens is 382 g/mol. The maximum Gasteiger partial charge on any atom is 0.341 e. The van der Waals surface area contributed by atoms with Crippen LogP contribution in [0.4, 0.5) is 8.78 Å². The predicted molar refractivity (Wildman–Crippen MR) is 102 cm³/mol. The summed E-state index contributed by atoms with van der Waals surface area (Å²) in [6, 6.07) is 0. The quantitative estimate of drug-likeness (QED) is 0.672. The maximum atomic E-state index is 13.5. The molecule has 162 valence electrons. The van der Waals surface area contributed by atoms with Crippen LogP contribution in [0.5, 0.6) is 0 Å². The highest BCUT2D eigenvalue weighted by atomic mass is 19.3. The Morgan fingerprint density at radius 1 is 1.24 bits per heavy atom. The van der Waals surface area contributed by atoms with Crippen LogP contribution in [0.15, 0.2) is 6.20 Å². The zero-order valence-electron chi connectivity index (χ0n) is 17.1. The third-order valence-corrected chi connectivity index (χ3v) is 5.82. The Morgan fingerprint density at radius 2 is 1.97 bits per heavy atom. The van der Waals surface area contributed by atoms with Crippen LogP contribution in [0, 0.1) is 11.8 Å². The number of nitrogens with zero attached hydrogens (tertiary/aromatic N) is 4. The summed E-state index contributed by atoms with van der Waals surface area (Å²) >= 11 is 0. The van der Waals surface area contributed by atoms with Crippen molar-refractivity contribution in [2.75, 3.05) is 32.8 Å². The molecule has 2 fully saturated rings. The van der Waals surface area contributed by atoms with E-state index in [1.165, 1.54) is 11.1 Å². The minimum atomic E-state index is -2.82. The molecular formula is C20H30F2N4O3. The van der Waals surface area contributed by atoms with Gasteiger partial charge in [-0.2, -0.15) is 5.10 Å². The second-order valence-corrected chi connectivity index (χ2v) is 8.03. The topological polar surface area (TPSA) is 67.7 Å². The number of likely N-dealkylation sites (tertiary alicyclic amines) is 2. The van der Waals surface area contributed by atoms with Gasteiger partial charge in [0.25, 0.3) is 6.43 Å². The minimum absolute atomic E-state index is 0.00108. The normalized spacial score (nSPS) is 21.6. The third-order valence-electron chi connectivity index (χ3n) is 5.82. The first-order chi connectivity index (χ1) is 13.9. The molecule has 1 aromatic heterocycles. The average molecular weight is 412 g/mol. The lowest BCUT2D eigenvalue weighted by atomic mass is 9.93. The molecule has 2 aliphatic heterocycles. The predicted octanol–water partition coefficient (Wildman–Crippen LogP) is 2.93. The highest BCUT2D eigenvalue weighted by Crippen LogP contribution is 2.26. The number of aromatic nitrogens is 2. The lowest BCUT2D eigenvalue weighted by Gasteiger charge is -2.37. The summed E-state index contributed by atoms with van der Waals surface area (Å²) in [4.78, 5) is 28.7. The number of piperidine rings is 2. The van der Waals surface area contributed by atoms with Crippen LogP contribution in [0.2, 0.25) is 0 Å². The van der Waals surface area contributed by atoms with Crippen molar-refractivity contribution in [1.82, 2.24) is 19.6 Å². The molecule has 3 rings (SSSR count). The molecule has 0 aliphatic carbocycles. The van der Waals surface area contributed by atoms with Gasteiger partial charge in [-0.05, 0) is 38.5 Å². The van der Waals surface area contributed by atoms with Crippen molar-refractivity contribution in [2.24, 2.45) is 11.8 Å². The highest BCUT2D eigenvalue weighted by Gasteiger charge is 2.32. The zero-order chi connectivity index (χ0) is 21.0. The van der Waals surface area contributed by atoms with Gasteiger partial charge in [0.1, 0.15) is 11.3 Å². The molecule has 29 heavy (non-hydrogen) atoms. The van der Waals surface area contributed by atoms with Crippen LogP contribution in [-0.4, -0.2) is 64.2 Å². The first kappa shape index (κ1) is 21.7. The molecule has 1 unspecified atom stereocenters. The molecule has 9 heteroatoms. The number of carbonyl (C=O) groups excluding carboxylic acids is 2. The van der Waals surface area contributed by atoms with Crippen LogP contribution in [0.25, 0.3) is 0 Å². The molecule has 2 saturated heterocycles. The lowest BCUT2D eigenvalue weighted by molar-refractivity contribution is -0.139. The molecule has 0 radical (unpaired) electrons. The minimum Gasteiger partial charge on any atom is -0.462 e. The van der Waals surface area contributed by atoms with Crippen LogP contribution < -0.4 is 0 Å². The summed E-state index contributed by atoms with van der Waals surface area (Å²) in [7, 11) is 0. The summed E-state index contributed by atoms with van der Waals surface area (Å²) in [5.74, 6) is -0.00456. The number of ether oxygens (including phenoxy) is 1. The highest BCUT2D eigenvalue weighted by molar-refractivity contribution is 5.90. The number of carbonyl (C=O) groups is 2. The van der Waals surface area contributed by atoms with Gasteiger partial charge < -0.3 is 9.64 Å². The van der Waals surface area contributed by atoms with Gasteiger partial charge in [0.15, 0.2) is 0 Å². The summed E-state index contributed by atoms with van der Waals surface area (Å²) in [5.41, 5.74) is -0.602. The van der Waals surface area contributed by atoms with Crippen LogP contribution in [0.3, 0.4) is 0 Å². The van der Waals surface area contributed by atoms with E-state index in [0.29, 0.717) is 31.8 Å². The Kier molecular flexibility index (Phi) is 7.21.